The summed E-state index contributed by atoms with van der Waals surface area (Å²) in [5.74, 6) is -0.729. The molecule has 3 rings (SSSR count). The minimum Gasteiger partial charge on any atom is -0.487 e. The van der Waals surface area contributed by atoms with Gasteiger partial charge in [-0.3, -0.25) is 9.59 Å². The molecule has 0 saturated heterocycles. The van der Waals surface area contributed by atoms with Crippen LogP contribution >= 0.6 is 11.3 Å². The highest BCUT2D eigenvalue weighted by Gasteiger charge is 2.11. The van der Waals surface area contributed by atoms with E-state index in [9.17, 15) is 14.4 Å². The maximum atomic E-state index is 12.2. The van der Waals surface area contributed by atoms with Crippen molar-refractivity contribution in [3.05, 3.63) is 75.7 Å². The topological polar surface area (TPSA) is 107 Å². The summed E-state index contributed by atoms with van der Waals surface area (Å²) in [6.07, 6.45) is 0. The summed E-state index contributed by atoms with van der Waals surface area (Å²) in [6.45, 7) is 1.84. The third-order valence-corrected chi connectivity index (χ3v) is 4.96. The molecule has 0 saturated carbocycles. The molecule has 2 amide bonds. The van der Waals surface area contributed by atoms with E-state index in [-0.39, 0.29) is 5.91 Å². The first kappa shape index (κ1) is 22.0. The van der Waals surface area contributed by atoms with E-state index in [1.807, 2.05) is 12.3 Å². The summed E-state index contributed by atoms with van der Waals surface area (Å²) in [7, 11) is 1.54. The summed E-state index contributed by atoms with van der Waals surface area (Å²) in [5.41, 5.74) is 2.12. The lowest BCUT2D eigenvalue weighted by Crippen LogP contribution is -2.21. The van der Waals surface area contributed by atoms with Crippen molar-refractivity contribution in [2.75, 3.05) is 19.0 Å². The first-order valence-corrected chi connectivity index (χ1v) is 10.3. The SMILES string of the molecule is CNC(=O)c1ccc(NC(=O)COC(=O)c2ccc(OCc3csc(C)n3)cc2)cc1. The Balaban J connectivity index is 1.45. The van der Waals surface area contributed by atoms with Crippen LogP contribution in [0.5, 0.6) is 5.75 Å². The van der Waals surface area contributed by atoms with Gasteiger partial charge in [0.15, 0.2) is 6.61 Å². The van der Waals surface area contributed by atoms with E-state index < -0.39 is 18.5 Å². The molecule has 0 aliphatic heterocycles. The number of nitrogens with one attached hydrogen (secondary N) is 2. The zero-order chi connectivity index (χ0) is 22.2. The first-order valence-electron chi connectivity index (χ1n) is 9.37. The molecule has 3 aromatic rings. The molecular formula is C22H21N3O5S. The number of hydrogen-bond acceptors (Lipinski definition) is 7. The van der Waals surface area contributed by atoms with E-state index in [2.05, 4.69) is 15.6 Å². The van der Waals surface area contributed by atoms with Gasteiger partial charge in [0.1, 0.15) is 12.4 Å². The van der Waals surface area contributed by atoms with E-state index in [4.69, 9.17) is 9.47 Å². The van der Waals surface area contributed by atoms with Gasteiger partial charge in [-0.25, -0.2) is 9.78 Å². The number of benzene rings is 2. The maximum Gasteiger partial charge on any atom is 0.338 e. The van der Waals surface area contributed by atoms with Gasteiger partial charge in [0.2, 0.25) is 0 Å². The molecule has 0 spiro atoms. The Labute approximate surface area is 183 Å². The van der Waals surface area contributed by atoms with E-state index in [1.165, 1.54) is 7.05 Å². The molecule has 9 heteroatoms. The standard InChI is InChI=1S/C22H21N3O5S/c1-14-24-18(13-31-14)11-29-19-9-5-16(6-10-19)22(28)30-12-20(26)25-17-7-3-15(4-8-17)21(27)23-2/h3-10,13H,11-12H2,1-2H3,(H,23,27)(H,25,26). The summed E-state index contributed by atoms with van der Waals surface area (Å²) in [5, 5.41) is 8.02. The zero-order valence-electron chi connectivity index (χ0n) is 17.0. The Kier molecular flexibility index (Phi) is 7.34. The lowest BCUT2D eigenvalue weighted by atomic mass is 10.2. The largest absolute Gasteiger partial charge is 0.487 e. The van der Waals surface area contributed by atoms with E-state index in [0.717, 1.165) is 10.7 Å². The lowest BCUT2D eigenvalue weighted by Gasteiger charge is -2.08. The van der Waals surface area contributed by atoms with Crippen LogP contribution in [0, 0.1) is 6.92 Å². The van der Waals surface area contributed by atoms with Crippen LogP contribution in [0.3, 0.4) is 0 Å². The number of carbonyl (C=O) groups excluding carboxylic acids is 3. The quantitative estimate of drug-likeness (QED) is 0.522. The van der Waals surface area contributed by atoms with Gasteiger partial charge in [-0.05, 0) is 55.5 Å². The number of hydrogen-bond donors (Lipinski definition) is 2. The molecule has 160 valence electrons. The Bertz CT molecular complexity index is 1060. The van der Waals surface area contributed by atoms with Crippen LogP contribution in [0.1, 0.15) is 31.4 Å². The normalized spacial score (nSPS) is 10.3. The van der Waals surface area contributed by atoms with E-state index in [1.54, 1.807) is 59.9 Å². The van der Waals surface area contributed by atoms with Crippen LogP contribution in [0.4, 0.5) is 5.69 Å². The molecule has 2 aromatic carbocycles. The number of carbonyl (C=O) groups is 3. The molecule has 2 N–H and O–H groups in total. The fraction of sp³-hybridized carbons (Fsp3) is 0.182. The van der Waals surface area contributed by atoms with Crippen LogP contribution in [-0.2, 0) is 16.1 Å². The monoisotopic (exact) mass is 439 g/mol. The minimum atomic E-state index is -0.619. The van der Waals surface area contributed by atoms with Crippen molar-refractivity contribution in [3.8, 4) is 5.75 Å². The van der Waals surface area contributed by atoms with Gasteiger partial charge in [0.25, 0.3) is 11.8 Å². The Morgan fingerprint density at radius 3 is 2.29 bits per heavy atom. The zero-order valence-corrected chi connectivity index (χ0v) is 17.8. The molecule has 0 atom stereocenters. The van der Waals surface area contributed by atoms with Gasteiger partial charge >= 0.3 is 5.97 Å². The molecule has 1 aromatic heterocycles. The van der Waals surface area contributed by atoms with E-state index >= 15 is 0 Å². The van der Waals surface area contributed by atoms with Crippen LogP contribution in [0.2, 0.25) is 0 Å². The third kappa shape index (κ3) is 6.38. The average Bonchev–Trinajstić information content (AvgIpc) is 3.21. The summed E-state index contributed by atoms with van der Waals surface area (Å²) in [4.78, 5) is 40.0. The predicted octanol–water partition coefficient (Wildman–Crippen LogP) is 3.19. The maximum absolute atomic E-state index is 12.2. The summed E-state index contributed by atoms with van der Waals surface area (Å²) in [6, 6.07) is 12.8. The van der Waals surface area contributed by atoms with Crippen molar-refractivity contribution in [3.63, 3.8) is 0 Å². The average molecular weight is 439 g/mol. The molecule has 0 fully saturated rings. The second-order valence-corrected chi connectivity index (χ2v) is 7.51. The molecule has 0 aliphatic carbocycles. The summed E-state index contributed by atoms with van der Waals surface area (Å²) < 4.78 is 10.7. The van der Waals surface area contributed by atoms with Gasteiger partial charge < -0.3 is 20.1 Å². The van der Waals surface area contributed by atoms with Gasteiger partial charge in [-0.15, -0.1) is 11.3 Å². The van der Waals surface area contributed by atoms with Gasteiger partial charge in [-0.2, -0.15) is 0 Å². The van der Waals surface area contributed by atoms with Gasteiger partial charge in [0.05, 0.1) is 16.3 Å². The Hall–Kier alpha value is -3.72. The summed E-state index contributed by atoms with van der Waals surface area (Å²) >= 11 is 1.56. The highest BCUT2D eigenvalue weighted by molar-refractivity contribution is 7.09. The van der Waals surface area contributed by atoms with Crippen molar-refractivity contribution in [1.29, 1.82) is 0 Å². The van der Waals surface area contributed by atoms with Gasteiger partial charge in [0, 0.05) is 23.7 Å². The third-order valence-electron chi connectivity index (χ3n) is 4.14. The fourth-order valence-corrected chi connectivity index (χ4v) is 3.18. The first-order chi connectivity index (χ1) is 14.9. The second-order valence-electron chi connectivity index (χ2n) is 6.45. The van der Waals surface area contributed by atoms with Crippen LogP contribution in [0.15, 0.2) is 53.9 Å². The van der Waals surface area contributed by atoms with Crippen molar-refractivity contribution in [2.45, 2.75) is 13.5 Å². The molecule has 0 unspecified atom stereocenters. The number of anilines is 1. The van der Waals surface area contributed by atoms with E-state index in [0.29, 0.717) is 29.2 Å². The second kappa shape index (κ2) is 10.4. The predicted molar refractivity (Wildman–Crippen MR) is 116 cm³/mol. The number of ether oxygens (including phenoxy) is 2. The fourth-order valence-electron chi connectivity index (χ4n) is 2.58. The highest BCUT2D eigenvalue weighted by Crippen LogP contribution is 2.16. The molecule has 0 aliphatic rings. The number of aryl methyl sites for hydroxylation is 1. The minimum absolute atomic E-state index is 0.221. The van der Waals surface area contributed by atoms with Crippen LogP contribution in [-0.4, -0.2) is 36.4 Å². The van der Waals surface area contributed by atoms with Crippen molar-refractivity contribution in [2.24, 2.45) is 0 Å². The lowest BCUT2D eigenvalue weighted by molar-refractivity contribution is -0.119. The number of thiazole rings is 1. The number of rotatable bonds is 8. The molecule has 0 bridgehead atoms. The number of amides is 2. The Morgan fingerprint density at radius 2 is 1.68 bits per heavy atom. The van der Waals surface area contributed by atoms with Crippen molar-refractivity contribution in [1.82, 2.24) is 10.3 Å². The molecule has 8 nitrogen and oxygen atoms in total. The van der Waals surface area contributed by atoms with Crippen molar-refractivity contribution >= 4 is 34.8 Å². The molecule has 1 heterocycles. The van der Waals surface area contributed by atoms with Crippen LogP contribution < -0.4 is 15.4 Å². The van der Waals surface area contributed by atoms with Gasteiger partial charge in [-0.1, -0.05) is 0 Å². The number of nitrogens with zero attached hydrogens (tertiary/aromatic N) is 1. The Morgan fingerprint density at radius 1 is 1.00 bits per heavy atom. The van der Waals surface area contributed by atoms with Crippen LogP contribution in [0.25, 0.3) is 0 Å². The number of aromatic nitrogens is 1. The molecular weight excluding hydrogens is 418 g/mol. The highest BCUT2D eigenvalue weighted by atomic mass is 32.1. The smallest absolute Gasteiger partial charge is 0.338 e. The number of esters is 1. The van der Waals surface area contributed by atoms with Crippen molar-refractivity contribution < 1.29 is 23.9 Å². The molecule has 0 radical (unpaired) electrons. The molecule has 31 heavy (non-hydrogen) atoms.